The molecule has 0 aromatic rings. The zero-order valence-electron chi connectivity index (χ0n) is 9.35. The number of hydrogen-bond acceptors (Lipinski definition) is 5. The van der Waals surface area contributed by atoms with E-state index in [0.29, 0.717) is 6.42 Å². The van der Waals surface area contributed by atoms with Gasteiger partial charge in [0.15, 0.2) is 12.6 Å². The normalized spacial score (nSPS) is 23.4. The molecule has 1 unspecified atom stereocenters. The first-order valence-corrected chi connectivity index (χ1v) is 9.11. The Morgan fingerprint density at radius 1 is 1.58 bits per heavy atom. The van der Waals surface area contributed by atoms with Crippen LogP contribution in [0.3, 0.4) is 0 Å². The highest BCUT2D eigenvalue weighted by Gasteiger charge is 2.32. The Balaban J connectivity index is 1.90. The van der Waals surface area contributed by atoms with E-state index in [4.69, 9.17) is 19.3 Å². The molecule has 19 heavy (non-hydrogen) atoms. The molecule has 2 aliphatic rings. The van der Waals surface area contributed by atoms with Gasteiger partial charge in [0.1, 0.15) is 0 Å². The average Bonchev–Trinajstić information content (AvgIpc) is 2.74. The van der Waals surface area contributed by atoms with E-state index in [2.05, 4.69) is 5.32 Å². The first kappa shape index (κ1) is 14.4. The maximum atomic E-state index is 11.5. The van der Waals surface area contributed by atoms with Crippen molar-refractivity contribution in [1.29, 1.82) is 0 Å². The second-order valence-electron chi connectivity index (χ2n) is 3.59. The van der Waals surface area contributed by atoms with Crippen LogP contribution in [0.25, 0.3) is 0 Å². The highest BCUT2D eigenvalue weighted by Crippen LogP contribution is 2.36. The molecule has 2 heterocycles. The molecule has 9 nitrogen and oxygen atoms in total. The number of halogens is 1. The van der Waals surface area contributed by atoms with Crippen LogP contribution in [0.5, 0.6) is 0 Å². The van der Waals surface area contributed by atoms with Gasteiger partial charge >= 0.3 is 13.6 Å². The SMILES string of the molecule is O=C1NC(=O)N(C2CC=C(OCP(=O)(O)O)O2)C=I1. The number of hydrogen-bond donors (Lipinski definition) is 3. The van der Waals surface area contributed by atoms with Gasteiger partial charge in [-0.05, 0) is 0 Å². The second-order valence-corrected chi connectivity index (χ2v) is 7.33. The Kier molecular flexibility index (Phi) is 4.23. The second kappa shape index (κ2) is 5.57. The van der Waals surface area contributed by atoms with E-state index in [1.165, 1.54) is 15.1 Å². The van der Waals surface area contributed by atoms with Crippen molar-refractivity contribution in [2.24, 2.45) is 0 Å². The monoisotopic (exact) mass is 404 g/mol. The fourth-order valence-electron chi connectivity index (χ4n) is 1.35. The fraction of sp³-hybridized carbons (Fsp3) is 0.375. The lowest BCUT2D eigenvalue weighted by Gasteiger charge is -2.26. The number of nitrogens with zero attached hydrogens (tertiary/aromatic N) is 1. The molecule has 3 amide bonds. The van der Waals surface area contributed by atoms with Crippen molar-refractivity contribution in [1.82, 2.24) is 10.2 Å². The summed E-state index contributed by atoms with van der Waals surface area (Å²) in [6, 6.07) is -0.578. The van der Waals surface area contributed by atoms with Crippen LogP contribution in [0, 0.1) is 0 Å². The molecule has 11 heteroatoms. The van der Waals surface area contributed by atoms with Crippen LogP contribution < -0.4 is 5.32 Å². The molecule has 1 atom stereocenters. The van der Waals surface area contributed by atoms with Crippen molar-refractivity contribution < 1.29 is 33.4 Å². The number of carbonyl (C=O) groups is 2. The molecule has 0 saturated carbocycles. The lowest BCUT2D eigenvalue weighted by atomic mass is 10.4. The van der Waals surface area contributed by atoms with E-state index in [1.807, 2.05) is 0 Å². The van der Waals surface area contributed by atoms with Crippen LogP contribution in [0.1, 0.15) is 6.42 Å². The van der Waals surface area contributed by atoms with Crippen molar-refractivity contribution in [3.05, 3.63) is 12.0 Å². The van der Waals surface area contributed by atoms with Crippen molar-refractivity contribution in [2.45, 2.75) is 12.6 Å². The van der Waals surface area contributed by atoms with Gasteiger partial charge in [-0.25, -0.2) is 4.79 Å². The molecule has 0 radical (unpaired) electrons. The van der Waals surface area contributed by atoms with Crippen LogP contribution in [0.4, 0.5) is 9.59 Å². The first-order chi connectivity index (χ1) is 8.85. The number of amides is 3. The van der Waals surface area contributed by atoms with Gasteiger partial charge in [0.25, 0.3) is 9.86 Å². The number of rotatable bonds is 4. The predicted octanol–water partition coefficient (Wildman–Crippen LogP) is 0.602. The summed E-state index contributed by atoms with van der Waals surface area (Å²) in [6.45, 7) is 0. The summed E-state index contributed by atoms with van der Waals surface area (Å²) in [4.78, 5) is 41.1. The molecule has 0 fully saturated rings. The van der Waals surface area contributed by atoms with Gasteiger partial charge in [-0.3, -0.25) is 19.6 Å². The first-order valence-electron chi connectivity index (χ1n) is 4.99. The van der Waals surface area contributed by atoms with Crippen LogP contribution in [0.2, 0.25) is 0 Å². The van der Waals surface area contributed by atoms with Gasteiger partial charge in [0, 0.05) is 33.2 Å². The van der Waals surface area contributed by atoms with Crippen molar-refractivity contribution in [3.8, 4) is 0 Å². The molecule has 106 valence electrons. The maximum absolute atomic E-state index is 11.5. The van der Waals surface area contributed by atoms with E-state index in [9.17, 15) is 14.2 Å². The number of carbonyl (C=O) groups excluding carboxylic acids is 2. The van der Waals surface area contributed by atoms with Crippen LogP contribution >= 0.6 is 28.3 Å². The third kappa shape index (κ3) is 4.00. The van der Waals surface area contributed by atoms with Gasteiger partial charge in [-0.1, -0.05) is 0 Å². The third-order valence-electron chi connectivity index (χ3n) is 2.12. The Morgan fingerprint density at radius 3 is 2.95 bits per heavy atom. The lowest BCUT2D eigenvalue weighted by molar-refractivity contribution is -0.0144. The number of imide groups is 1. The molecule has 0 bridgehead atoms. The van der Waals surface area contributed by atoms with Gasteiger partial charge in [-0.15, -0.1) is 0 Å². The number of urea groups is 1. The van der Waals surface area contributed by atoms with Gasteiger partial charge < -0.3 is 19.3 Å². The van der Waals surface area contributed by atoms with E-state index < -0.39 is 46.9 Å². The summed E-state index contributed by atoms with van der Waals surface area (Å²) in [5, 5.41) is 2.17. The molecule has 3 N–H and O–H groups in total. The zero-order chi connectivity index (χ0) is 14.0. The zero-order valence-corrected chi connectivity index (χ0v) is 12.4. The Morgan fingerprint density at radius 2 is 2.32 bits per heavy atom. The summed E-state index contributed by atoms with van der Waals surface area (Å²) in [6.07, 6.45) is 0.362. The van der Waals surface area contributed by atoms with Crippen LogP contribution in [0.15, 0.2) is 12.0 Å². The molecule has 0 aliphatic carbocycles. The molecule has 2 aliphatic heterocycles. The number of nitrogens with one attached hydrogen (secondary N) is 1. The Labute approximate surface area is 117 Å². The topological polar surface area (TPSA) is 125 Å². The highest BCUT2D eigenvalue weighted by atomic mass is 127. The fourth-order valence-corrected chi connectivity index (χ4v) is 3.20. The summed E-state index contributed by atoms with van der Waals surface area (Å²) in [7, 11) is -4.27. The van der Waals surface area contributed by atoms with E-state index in [1.54, 1.807) is 0 Å². The molecule has 2 rings (SSSR count). The molecule has 0 aromatic heterocycles. The smallest absolute Gasteiger partial charge is 0.362 e. The highest BCUT2D eigenvalue weighted by molar-refractivity contribution is 14.2. The predicted molar refractivity (Wildman–Crippen MR) is 71.4 cm³/mol. The minimum absolute atomic E-state index is 0.0374. The summed E-state index contributed by atoms with van der Waals surface area (Å²) in [5.41, 5.74) is 0. The van der Waals surface area contributed by atoms with E-state index in [-0.39, 0.29) is 9.86 Å². The van der Waals surface area contributed by atoms with E-state index >= 15 is 0 Å². The quantitative estimate of drug-likeness (QED) is 0.271. The van der Waals surface area contributed by atoms with Crippen LogP contribution in [-0.2, 0) is 14.0 Å². The standard InChI is InChI=1S/C8H10IN2O7P/c12-7-9-3-11(8(13)10-7)5-1-2-6(18-5)17-4-19(14,15)16/h2-3,5H,1,4H2,(H,10,12,13)(H2,14,15,16). The minimum atomic E-state index is -4.27. The van der Waals surface area contributed by atoms with E-state index in [0.717, 1.165) is 0 Å². The van der Waals surface area contributed by atoms with Gasteiger partial charge in [-0.2, -0.15) is 0 Å². The molecule has 0 saturated heterocycles. The molecule has 0 spiro atoms. The van der Waals surface area contributed by atoms with Gasteiger partial charge in [0.2, 0.25) is 0 Å². The summed E-state index contributed by atoms with van der Waals surface area (Å²) in [5.74, 6) is -0.0374. The molecular formula is C8H10IN2O7P. The van der Waals surface area contributed by atoms with Crippen molar-refractivity contribution >= 4 is 42.4 Å². The summed E-state index contributed by atoms with van der Waals surface area (Å²) >= 11 is -0.914. The third-order valence-corrected chi connectivity index (χ3v) is 4.30. The summed E-state index contributed by atoms with van der Waals surface area (Å²) < 4.78 is 21.9. The number of ether oxygens (including phenoxy) is 2. The Bertz CT molecular complexity index is 513. The van der Waals surface area contributed by atoms with Gasteiger partial charge in [0.05, 0.1) is 4.14 Å². The minimum Gasteiger partial charge on any atom is -0.453 e. The average molecular weight is 404 g/mol. The van der Waals surface area contributed by atoms with Crippen LogP contribution in [-0.4, -0.2) is 41.3 Å². The van der Waals surface area contributed by atoms with Crippen molar-refractivity contribution in [3.63, 3.8) is 0 Å². The lowest BCUT2D eigenvalue weighted by Crippen LogP contribution is -2.48. The molecule has 0 aromatic carbocycles. The van der Waals surface area contributed by atoms with Crippen molar-refractivity contribution in [2.75, 3.05) is 6.35 Å². The largest absolute Gasteiger partial charge is 0.453 e. The Hall–Kier alpha value is -0.970. The maximum Gasteiger partial charge on any atom is 0.362 e. The molecular weight excluding hydrogens is 394 g/mol.